The monoisotopic (exact) mass is 326 g/mol. The normalized spacial score (nSPS) is 11.4. The number of alkyl halides is 1. The van der Waals surface area contributed by atoms with E-state index < -0.39 is 10.1 Å². The Hall–Kier alpha value is -1.76. The summed E-state index contributed by atoms with van der Waals surface area (Å²) in [5, 5.41) is 6.47. The van der Waals surface area contributed by atoms with Crippen molar-refractivity contribution in [2.45, 2.75) is 18.2 Å². The van der Waals surface area contributed by atoms with E-state index in [9.17, 15) is 9.18 Å². The van der Waals surface area contributed by atoms with Gasteiger partial charge in [0.25, 0.3) is 0 Å². The number of hydrogen-bond acceptors (Lipinski definition) is 3. The second-order valence-corrected chi connectivity index (χ2v) is 6.42. The summed E-state index contributed by atoms with van der Waals surface area (Å²) in [5.41, 5.74) is 0.660. The van der Waals surface area contributed by atoms with Crippen molar-refractivity contribution in [1.29, 1.82) is 0 Å². The molecule has 0 aliphatic rings. The van der Waals surface area contributed by atoms with Crippen LogP contribution in [-0.4, -0.2) is 25.0 Å². The highest BCUT2D eigenvalue weighted by molar-refractivity contribution is 9.10. The number of benzene rings is 1. The molecular weight excluding hydrogens is 315 g/mol. The summed E-state index contributed by atoms with van der Waals surface area (Å²) < 4.78 is 14.5. The number of carbonyl (C=O) groups is 1. The Labute approximate surface area is 118 Å². The summed E-state index contributed by atoms with van der Waals surface area (Å²) in [6.07, 6.45) is 2.72. The SMILES string of the molecule is CC(C)(Br)C(=O)Nc1ccc(-n2cncn2)c(F)c1. The van der Waals surface area contributed by atoms with Crippen molar-refractivity contribution in [2.24, 2.45) is 0 Å². The number of nitrogens with zero attached hydrogens (tertiary/aromatic N) is 3. The van der Waals surface area contributed by atoms with Crippen molar-refractivity contribution >= 4 is 27.5 Å². The molecule has 2 rings (SSSR count). The van der Waals surface area contributed by atoms with Crippen molar-refractivity contribution in [2.75, 3.05) is 5.32 Å². The van der Waals surface area contributed by atoms with E-state index in [-0.39, 0.29) is 11.6 Å². The van der Waals surface area contributed by atoms with Crippen LogP contribution in [0.4, 0.5) is 10.1 Å². The lowest BCUT2D eigenvalue weighted by Crippen LogP contribution is -2.31. The molecule has 0 aliphatic heterocycles. The van der Waals surface area contributed by atoms with Crippen molar-refractivity contribution < 1.29 is 9.18 Å². The molecule has 2 aromatic rings. The van der Waals surface area contributed by atoms with Crippen molar-refractivity contribution in [3.05, 3.63) is 36.7 Å². The van der Waals surface area contributed by atoms with Crippen LogP contribution in [0.25, 0.3) is 5.69 Å². The molecule has 0 bridgehead atoms. The van der Waals surface area contributed by atoms with Crippen LogP contribution in [0.3, 0.4) is 0 Å². The van der Waals surface area contributed by atoms with Gasteiger partial charge < -0.3 is 5.32 Å². The lowest BCUT2D eigenvalue weighted by molar-refractivity contribution is -0.117. The van der Waals surface area contributed by atoms with Crippen LogP contribution in [0, 0.1) is 5.82 Å². The molecule has 0 atom stereocenters. The van der Waals surface area contributed by atoms with E-state index in [0.29, 0.717) is 5.69 Å². The van der Waals surface area contributed by atoms with Crippen LogP contribution < -0.4 is 5.32 Å². The zero-order chi connectivity index (χ0) is 14.0. The van der Waals surface area contributed by atoms with Gasteiger partial charge in [0.15, 0.2) is 5.82 Å². The number of hydrogen-bond donors (Lipinski definition) is 1. The van der Waals surface area contributed by atoms with Crippen molar-refractivity contribution in [1.82, 2.24) is 14.8 Å². The summed E-state index contributed by atoms with van der Waals surface area (Å²) in [5.74, 6) is -0.740. The zero-order valence-electron chi connectivity index (χ0n) is 10.4. The van der Waals surface area contributed by atoms with Crippen LogP contribution in [0.5, 0.6) is 0 Å². The second-order valence-electron chi connectivity index (χ2n) is 4.43. The number of amides is 1. The van der Waals surface area contributed by atoms with E-state index in [1.165, 1.54) is 29.5 Å². The van der Waals surface area contributed by atoms with Gasteiger partial charge in [0.2, 0.25) is 5.91 Å². The van der Waals surface area contributed by atoms with Gasteiger partial charge in [0, 0.05) is 5.69 Å². The summed E-state index contributed by atoms with van der Waals surface area (Å²) >= 11 is 3.24. The van der Waals surface area contributed by atoms with Crippen molar-refractivity contribution in [3.63, 3.8) is 0 Å². The van der Waals surface area contributed by atoms with Gasteiger partial charge in [-0.15, -0.1) is 0 Å². The van der Waals surface area contributed by atoms with Gasteiger partial charge in [-0.25, -0.2) is 14.1 Å². The van der Waals surface area contributed by atoms with Gasteiger partial charge in [-0.05, 0) is 32.0 Å². The average Bonchev–Trinajstić information content (AvgIpc) is 2.81. The van der Waals surface area contributed by atoms with Gasteiger partial charge in [-0.3, -0.25) is 4.79 Å². The summed E-state index contributed by atoms with van der Waals surface area (Å²) in [4.78, 5) is 15.5. The number of nitrogens with one attached hydrogen (secondary N) is 1. The lowest BCUT2D eigenvalue weighted by atomic mass is 10.2. The smallest absolute Gasteiger partial charge is 0.240 e. The van der Waals surface area contributed by atoms with Crippen LogP contribution in [-0.2, 0) is 4.79 Å². The highest BCUT2D eigenvalue weighted by Gasteiger charge is 2.23. The summed E-state index contributed by atoms with van der Waals surface area (Å²) in [7, 11) is 0. The minimum atomic E-state index is -0.714. The number of aromatic nitrogens is 3. The Balaban J connectivity index is 2.23. The molecular formula is C12H12BrFN4O. The predicted molar refractivity (Wildman–Crippen MR) is 73.0 cm³/mol. The molecule has 1 aromatic carbocycles. The maximum absolute atomic E-state index is 13.9. The fourth-order valence-electron chi connectivity index (χ4n) is 1.38. The molecule has 0 saturated heterocycles. The Morgan fingerprint density at radius 1 is 1.47 bits per heavy atom. The van der Waals surface area contributed by atoms with Gasteiger partial charge in [0.1, 0.15) is 18.3 Å². The number of anilines is 1. The number of carbonyl (C=O) groups excluding carboxylic acids is 1. The maximum Gasteiger partial charge on any atom is 0.240 e. The highest BCUT2D eigenvalue weighted by Crippen LogP contribution is 2.21. The molecule has 5 nitrogen and oxygen atoms in total. The van der Waals surface area contributed by atoms with Gasteiger partial charge in [-0.1, -0.05) is 15.9 Å². The number of rotatable bonds is 3. The highest BCUT2D eigenvalue weighted by atomic mass is 79.9. The Bertz CT molecular complexity index is 592. The minimum absolute atomic E-state index is 0.250. The minimum Gasteiger partial charge on any atom is -0.325 e. The van der Waals surface area contributed by atoms with E-state index in [1.54, 1.807) is 19.9 Å². The second kappa shape index (κ2) is 5.08. The third-order valence-corrected chi connectivity index (χ3v) is 2.77. The molecule has 100 valence electrons. The first-order chi connectivity index (χ1) is 8.88. The quantitative estimate of drug-likeness (QED) is 0.882. The summed E-state index contributed by atoms with van der Waals surface area (Å²) in [6.45, 7) is 3.42. The van der Waals surface area contributed by atoms with E-state index in [1.807, 2.05) is 0 Å². The molecule has 1 N–H and O–H groups in total. The maximum atomic E-state index is 13.9. The lowest BCUT2D eigenvalue weighted by Gasteiger charge is -2.16. The fraction of sp³-hybridized carbons (Fsp3) is 0.250. The first-order valence-electron chi connectivity index (χ1n) is 5.53. The van der Waals surface area contributed by atoms with Crippen LogP contribution in [0.2, 0.25) is 0 Å². The van der Waals surface area contributed by atoms with Gasteiger partial charge in [0.05, 0.1) is 4.32 Å². The molecule has 0 spiro atoms. The average molecular weight is 327 g/mol. The first kappa shape index (κ1) is 13.7. The molecule has 7 heteroatoms. The zero-order valence-corrected chi connectivity index (χ0v) is 12.0. The van der Waals surface area contributed by atoms with E-state index in [2.05, 4.69) is 31.3 Å². The Morgan fingerprint density at radius 3 is 2.74 bits per heavy atom. The molecule has 1 amide bonds. The first-order valence-corrected chi connectivity index (χ1v) is 6.32. The number of halogens is 2. The molecule has 1 heterocycles. The van der Waals surface area contributed by atoms with Crippen LogP contribution >= 0.6 is 15.9 Å². The largest absolute Gasteiger partial charge is 0.325 e. The van der Waals surface area contributed by atoms with E-state index in [0.717, 1.165) is 0 Å². The van der Waals surface area contributed by atoms with E-state index >= 15 is 0 Å². The molecule has 0 aliphatic carbocycles. The standard InChI is InChI=1S/C12H12BrFN4O/c1-12(2,13)11(19)17-8-3-4-10(9(14)5-8)18-7-15-6-16-18/h3-7H,1-2H3,(H,17,19). The molecule has 19 heavy (non-hydrogen) atoms. The van der Waals surface area contributed by atoms with Crippen LogP contribution in [0.1, 0.15) is 13.8 Å². The molecule has 1 aromatic heterocycles. The predicted octanol–water partition coefficient (Wildman–Crippen LogP) is 2.52. The van der Waals surface area contributed by atoms with Gasteiger partial charge in [-0.2, -0.15) is 5.10 Å². The third kappa shape index (κ3) is 3.17. The van der Waals surface area contributed by atoms with Crippen molar-refractivity contribution in [3.8, 4) is 5.69 Å². The molecule has 0 unspecified atom stereocenters. The topological polar surface area (TPSA) is 59.8 Å². The Morgan fingerprint density at radius 2 is 2.21 bits per heavy atom. The van der Waals surface area contributed by atoms with Crippen LogP contribution in [0.15, 0.2) is 30.9 Å². The van der Waals surface area contributed by atoms with E-state index in [4.69, 9.17) is 0 Å². The van der Waals surface area contributed by atoms with Gasteiger partial charge >= 0.3 is 0 Å². The third-order valence-electron chi connectivity index (χ3n) is 2.41. The fourth-order valence-corrected chi connectivity index (χ4v) is 1.48. The molecule has 0 fully saturated rings. The Kier molecular flexibility index (Phi) is 3.66. The summed E-state index contributed by atoms with van der Waals surface area (Å²) in [6, 6.07) is 4.38. The molecule has 0 saturated carbocycles. The molecule has 0 radical (unpaired) electrons.